The van der Waals surface area contributed by atoms with E-state index in [0.29, 0.717) is 29.8 Å². The van der Waals surface area contributed by atoms with Crippen molar-refractivity contribution in [3.8, 4) is 5.75 Å². The predicted octanol–water partition coefficient (Wildman–Crippen LogP) is 1.79. The first-order valence-electron chi connectivity index (χ1n) is 6.21. The van der Waals surface area contributed by atoms with Crippen LogP contribution in [0.4, 0.5) is 4.39 Å². The fourth-order valence-electron chi connectivity index (χ4n) is 1.94. The molecule has 0 aliphatic carbocycles. The van der Waals surface area contributed by atoms with Crippen molar-refractivity contribution in [1.29, 1.82) is 0 Å². The highest BCUT2D eigenvalue weighted by molar-refractivity contribution is 9.10. The highest BCUT2D eigenvalue weighted by atomic mass is 79.9. The topological polar surface area (TPSA) is 41.6 Å². The summed E-state index contributed by atoms with van der Waals surface area (Å²) >= 11 is 3.22. The van der Waals surface area contributed by atoms with Crippen molar-refractivity contribution in [3.63, 3.8) is 0 Å². The maximum atomic E-state index is 13.1. The molecule has 0 bridgehead atoms. The van der Waals surface area contributed by atoms with Gasteiger partial charge >= 0.3 is 0 Å². The summed E-state index contributed by atoms with van der Waals surface area (Å²) < 4.78 is 19.3. The van der Waals surface area contributed by atoms with Crippen LogP contribution in [-0.2, 0) is 4.79 Å². The van der Waals surface area contributed by atoms with Crippen LogP contribution in [0.25, 0.3) is 0 Å². The molecule has 104 valence electrons. The van der Waals surface area contributed by atoms with Gasteiger partial charge in [-0.3, -0.25) is 9.69 Å². The van der Waals surface area contributed by atoms with Crippen LogP contribution in [0.15, 0.2) is 22.7 Å². The quantitative estimate of drug-likeness (QED) is 0.915. The summed E-state index contributed by atoms with van der Waals surface area (Å²) in [5, 5.41) is 2.82. The molecule has 1 fully saturated rings. The lowest BCUT2D eigenvalue weighted by atomic mass is 10.3. The van der Waals surface area contributed by atoms with E-state index in [0.717, 1.165) is 19.6 Å². The zero-order valence-corrected chi connectivity index (χ0v) is 12.1. The number of carbonyl (C=O) groups is 1. The second kappa shape index (κ2) is 6.86. The Bertz CT molecular complexity index is 436. The molecule has 0 spiro atoms. The largest absolute Gasteiger partial charge is 0.492 e. The van der Waals surface area contributed by atoms with Crippen LogP contribution < -0.4 is 10.1 Å². The standard InChI is InChI=1S/C13H16BrFN2O2/c14-10-7-11(15)9-12(8-10)19-6-5-17-3-1-13(18)16-2-4-17/h7-9H,1-6H2,(H,16,18). The van der Waals surface area contributed by atoms with Crippen molar-refractivity contribution in [3.05, 3.63) is 28.5 Å². The molecule has 1 heterocycles. The zero-order chi connectivity index (χ0) is 13.7. The van der Waals surface area contributed by atoms with Crippen LogP contribution in [0.1, 0.15) is 6.42 Å². The first kappa shape index (κ1) is 14.3. The molecule has 19 heavy (non-hydrogen) atoms. The smallest absolute Gasteiger partial charge is 0.221 e. The van der Waals surface area contributed by atoms with Gasteiger partial charge in [-0.05, 0) is 12.1 Å². The molecule has 1 aliphatic heterocycles. The first-order chi connectivity index (χ1) is 9.13. The summed E-state index contributed by atoms with van der Waals surface area (Å²) in [6, 6.07) is 4.48. The molecule has 0 atom stereocenters. The number of nitrogens with zero attached hydrogens (tertiary/aromatic N) is 1. The average Bonchev–Trinajstić information content (AvgIpc) is 2.53. The Labute approximate surface area is 120 Å². The Kier molecular flexibility index (Phi) is 5.15. The highest BCUT2D eigenvalue weighted by Crippen LogP contribution is 2.20. The second-order valence-electron chi connectivity index (χ2n) is 4.40. The van der Waals surface area contributed by atoms with Crippen molar-refractivity contribution in [1.82, 2.24) is 10.2 Å². The Morgan fingerprint density at radius 1 is 1.37 bits per heavy atom. The molecule has 1 aromatic rings. The number of halogens is 2. The van der Waals surface area contributed by atoms with Gasteiger partial charge < -0.3 is 10.1 Å². The minimum Gasteiger partial charge on any atom is -0.492 e. The summed E-state index contributed by atoms with van der Waals surface area (Å²) in [6.45, 7) is 3.43. The second-order valence-corrected chi connectivity index (χ2v) is 5.31. The SMILES string of the molecule is O=C1CCN(CCOc2cc(F)cc(Br)c2)CCN1. The molecule has 0 aromatic heterocycles. The summed E-state index contributed by atoms with van der Waals surface area (Å²) in [5.41, 5.74) is 0. The molecule has 1 saturated heterocycles. The molecule has 4 nitrogen and oxygen atoms in total. The molecule has 1 N–H and O–H groups in total. The molecule has 0 radical (unpaired) electrons. The molecule has 1 aliphatic rings. The average molecular weight is 331 g/mol. The number of nitrogens with one attached hydrogen (secondary N) is 1. The van der Waals surface area contributed by atoms with E-state index >= 15 is 0 Å². The Hall–Kier alpha value is -1.14. The monoisotopic (exact) mass is 330 g/mol. The number of hydrogen-bond donors (Lipinski definition) is 1. The zero-order valence-electron chi connectivity index (χ0n) is 10.5. The Morgan fingerprint density at radius 2 is 2.21 bits per heavy atom. The lowest BCUT2D eigenvalue weighted by molar-refractivity contribution is -0.120. The van der Waals surface area contributed by atoms with E-state index in [-0.39, 0.29) is 11.7 Å². The van der Waals surface area contributed by atoms with Gasteiger partial charge in [0.1, 0.15) is 18.2 Å². The van der Waals surface area contributed by atoms with Crippen molar-refractivity contribution >= 4 is 21.8 Å². The molecule has 1 aromatic carbocycles. The summed E-state index contributed by atoms with van der Waals surface area (Å²) in [6.07, 6.45) is 0.519. The van der Waals surface area contributed by atoms with Gasteiger partial charge in [0.05, 0.1) is 0 Å². The van der Waals surface area contributed by atoms with Gasteiger partial charge in [-0.1, -0.05) is 15.9 Å². The van der Waals surface area contributed by atoms with E-state index in [1.54, 1.807) is 6.07 Å². The molecule has 0 unspecified atom stereocenters. The third-order valence-electron chi connectivity index (χ3n) is 2.92. The minimum absolute atomic E-state index is 0.0949. The van der Waals surface area contributed by atoms with E-state index < -0.39 is 0 Å². The number of carbonyl (C=O) groups excluding carboxylic acids is 1. The lowest BCUT2D eigenvalue weighted by Crippen LogP contribution is -2.32. The highest BCUT2D eigenvalue weighted by Gasteiger charge is 2.12. The maximum Gasteiger partial charge on any atom is 0.221 e. The van der Waals surface area contributed by atoms with Crippen LogP contribution in [0.3, 0.4) is 0 Å². The molecular weight excluding hydrogens is 315 g/mol. The molecule has 6 heteroatoms. The normalized spacial score (nSPS) is 16.8. The van der Waals surface area contributed by atoms with Gasteiger partial charge in [-0.15, -0.1) is 0 Å². The van der Waals surface area contributed by atoms with E-state index in [1.165, 1.54) is 12.1 Å². The third-order valence-corrected chi connectivity index (χ3v) is 3.38. The van der Waals surface area contributed by atoms with Crippen molar-refractivity contribution in [2.75, 3.05) is 32.8 Å². The summed E-state index contributed by atoms with van der Waals surface area (Å²) in [5.74, 6) is 0.280. The van der Waals surface area contributed by atoms with Crippen LogP contribution in [0.2, 0.25) is 0 Å². The predicted molar refractivity (Wildman–Crippen MR) is 73.7 cm³/mol. The molecule has 0 saturated carbocycles. The molecule has 1 amide bonds. The van der Waals surface area contributed by atoms with E-state index in [2.05, 4.69) is 26.1 Å². The number of ether oxygens (including phenoxy) is 1. The molecular formula is C13H16BrFN2O2. The van der Waals surface area contributed by atoms with Gasteiger partial charge in [0.25, 0.3) is 0 Å². The number of benzene rings is 1. The van der Waals surface area contributed by atoms with Crippen molar-refractivity contribution < 1.29 is 13.9 Å². The summed E-state index contributed by atoms with van der Waals surface area (Å²) in [7, 11) is 0. The van der Waals surface area contributed by atoms with Crippen LogP contribution in [-0.4, -0.2) is 43.6 Å². The van der Waals surface area contributed by atoms with E-state index in [9.17, 15) is 9.18 Å². The summed E-state index contributed by atoms with van der Waals surface area (Å²) in [4.78, 5) is 13.3. The third kappa shape index (κ3) is 4.80. The Morgan fingerprint density at radius 3 is 3.00 bits per heavy atom. The fourth-order valence-corrected chi connectivity index (χ4v) is 2.39. The van der Waals surface area contributed by atoms with Gasteiger partial charge in [-0.25, -0.2) is 4.39 Å². The first-order valence-corrected chi connectivity index (χ1v) is 7.01. The van der Waals surface area contributed by atoms with Gasteiger partial charge in [0.15, 0.2) is 0 Å². The number of amides is 1. The Balaban J connectivity index is 1.78. The number of rotatable bonds is 4. The van der Waals surface area contributed by atoms with Gasteiger partial charge in [0.2, 0.25) is 5.91 Å². The van der Waals surface area contributed by atoms with E-state index in [4.69, 9.17) is 4.74 Å². The lowest BCUT2D eigenvalue weighted by Gasteiger charge is -2.19. The fraction of sp³-hybridized carbons (Fsp3) is 0.462. The van der Waals surface area contributed by atoms with Crippen LogP contribution in [0, 0.1) is 5.82 Å². The molecule has 2 rings (SSSR count). The van der Waals surface area contributed by atoms with Crippen LogP contribution >= 0.6 is 15.9 Å². The number of hydrogen-bond acceptors (Lipinski definition) is 3. The minimum atomic E-state index is -0.325. The van der Waals surface area contributed by atoms with Crippen molar-refractivity contribution in [2.45, 2.75) is 6.42 Å². The maximum absolute atomic E-state index is 13.1. The van der Waals surface area contributed by atoms with Crippen molar-refractivity contribution in [2.24, 2.45) is 0 Å². The van der Waals surface area contributed by atoms with E-state index in [1.807, 2.05) is 0 Å². The van der Waals surface area contributed by atoms with Gasteiger partial charge in [0, 0.05) is 43.1 Å². The van der Waals surface area contributed by atoms with Gasteiger partial charge in [-0.2, -0.15) is 0 Å². The van der Waals surface area contributed by atoms with Crippen LogP contribution in [0.5, 0.6) is 5.75 Å².